The minimum absolute atomic E-state index is 0.0563. The number of rotatable bonds is 3. The largest absolute Gasteiger partial charge is 0.364 e. The van der Waals surface area contributed by atoms with E-state index in [2.05, 4.69) is 15.0 Å². The topological polar surface area (TPSA) is 82.2 Å². The van der Waals surface area contributed by atoms with Crippen LogP contribution in [0.4, 0.5) is 0 Å². The van der Waals surface area contributed by atoms with E-state index in [9.17, 15) is 9.59 Å². The summed E-state index contributed by atoms with van der Waals surface area (Å²) >= 11 is 0. The van der Waals surface area contributed by atoms with Crippen molar-refractivity contribution in [1.29, 1.82) is 0 Å². The van der Waals surface area contributed by atoms with Gasteiger partial charge < -0.3 is 4.74 Å². The minimum atomic E-state index is -0.489. The van der Waals surface area contributed by atoms with E-state index in [1.807, 2.05) is 25.1 Å². The zero-order valence-corrected chi connectivity index (χ0v) is 16.8. The van der Waals surface area contributed by atoms with Crippen molar-refractivity contribution in [2.24, 2.45) is 0 Å². The van der Waals surface area contributed by atoms with Crippen molar-refractivity contribution < 1.29 is 4.74 Å². The Morgan fingerprint density at radius 3 is 2.79 bits per heavy atom. The zero-order valence-electron chi connectivity index (χ0n) is 16.8. The van der Waals surface area contributed by atoms with Crippen LogP contribution >= 0.6 is 0 Å². The highest BCUT2D eigenvalue weighted by molar-refractivity contribution is 5.11. The number of pyridine rings is 1. The Kier molecular flexibility index (Phi) is 4.63. The summed E-state index contributed by atoms with van der Waals surface area (Å²) in [4.78, 5) is 32.4. The van der Waals surface area contributed by atoms with Crippen LogP contribution in [0.2, 0.25) is 0 Å². The first-order chi connectivity index (χ1) is 14.0. The molecule has 0 amide bonds. The molecule has 8 nitrogen and oxygen atoms in total. The third kappa shape index (κ3) is 3.44. The summed E-state index contributed by atoms with van der Waals surface area (Å²) < 4.78 is 9.24. The molecule has 2 fully saturated rings. The van der Waals surface area contributed by atoms with E-state index >= 15 is 0 Å². The average Bonchev–Trinajstić information content (AvgIpc) is 3.36. The highest BCUT2D eigenvalue weighted by Gasteiger charge is 2.43. The number of aryl methyl sites for hydroxylation is 1. The van der Waals surface area contributed by atoms with Crippen molar-refractivity contribution in [2.75, 3.05) is 13.1 Å². The van der Waals surface area contributed by atoms with Gasteiger partial charge in [0.25, 0.3) is 0 Å². The van der Waals surface area contributed by atoms with Crippen molar-refractivity contribution in [2.45, 2.75) is 70.4 Å². The highest BCUT2D eigenvalue weighted by Crippen LogP contribution is 2.32. The van der Waals surface area contributed by atoms with Crippen molar-refractivity contribution in [3.8, 4) is 0 Å². The van der Waals surface area contributed by atoms with Crippen LogP contribution in [0.1, 0.15) is 55.4 Å². The molecular weight excluding hydrogens is 370 g/mol. The Balaban J connectivity index is 1.36. The van der Waals surface area contributed by atoms with Gasteiger partial charge in [0.05, 0.1) is 18.3 Å². The molecule has 0 N–H and O–H groups in total. The van der Waals surface area contributed by atoms with E-state index in [4.69, 9.17) is 4.74 Å². The molecule has 1 aliphatic carbocycles. The predicted octanol–water partition coefficient (Wildman–Crippen LogP) is 1.40. The first kappa shape index (κ1) is 18.7. The Hall–Kier alpha value is -2.32. The Labute approximate surface area is 169 Å². The van der Waals surface area contributed by atoms with Crippen LogP contribution < -0.4 is 11.1 Å². The average molecular weight is 397 g/mol. The maximum absolute atomic E-state index is 12.9. The van der Waals surface area contributed by atoms with Crippen molar-refractivity contribution in [3.63, 3.8) is 0 Å². The number of nitrogens with zero attached hydrogens (tertiary/aromatic N) is 5. The molecule has 0 bridgehead atoms. The first-order valence-corrected chi connectivity index (χ1v) is 10.5. The molecule has 1 saturated carbocycles. The molecule has 154 valence electrons. The molecule has 8 heteroatoms. The summed E-state index contributed by atoms with van der Waals surface area (Å²) in [5.41, 5.74) is 0.667. The standard InChI is InChI=1S/C21H27N5O3/c1-15-5-4-6-16(22-15)11-24-10-9-21(13-24)14-25-18(12-29-21)23-26(20(28)19(25)27)17-7-2-3-8-17/h4-6,17H,2-3,7-14H2,1H3/t21-/m0/s1. The third-order valence-electron chi connectivity index (χ3n) is 6.52. The van der Waals surface area contributed by atoms with Crippen LogP contribution in [-0.4, -0.2) is 42.9 Å². The number of ether oxygens (including phenoxy) is 1. The van der Waals surface area contributed by atoms with Gasteiger partial charge in [-0.15, -0.1) is 0 Å². The summed E-state index contributed by atoms with van der Waals surface area (Å²) in [7, 11) is 0. The third-order valence-corrected chi connectivity index (χ3v) is 6.52. The fourth-order valence-electron chi connectivity index (χ4n) is 5.00. The molecular formula is C21H27N5O3. The van der Waals surface area contributed by atoms with E-state index in [1.54, 1.807) is 4.57 Å². The SMILES string of the molecule is Cc1cccc(CN2CC[C@]3(C2)Cn2c(nn(C4CCCC4)c(=O)c2=O)CO3)n1. The van der Waals surface area contributed by atoms with Crippen molar-refractivity contribution in [1.82, 2.24) is 24.2 Å². The monoisotopic (exact) mass is 397 g/mol. The van der Waals surface area contributed by atoms with E-state index < -0.39 is 16.7 Å². The normalized spacial score (nSPS) is 25.0. The Morgan fingerprint density at radius 2 is 2.00 bits per heavy atom. The lowest BCUT2D eigenvalue weighted by Gasteiger charge is -2.35. The summed E-state index contributed by atoms with van der Waals surface area (Å²) in [5.74, 6) is 0.575. The molecule has 0 unspecified atom stereocenters. The van der Waals surface area contributed by atoms with Gasteiger partial charge in [-0.25, -0.2) is 4.68 Å². The zero-order chi connectivity index (χ0) is 20.0. The van der Waals surface area contributed by atoms with E-state index in [1.165, 1.54) is 4.68 Å². The molecule has 5 rings (SSSR count). The minimum Gasteiger partial charge on any atom is -0.364 e. The van der Waals surface area contributed by atoms with E-state index in [0.29, 0.717) is 12.4 Å². The second-order valence-corrected chi connectivity index (χ2v) is 8.70. The number of fused-ring (bicyclic) bond motifs is 1. The summed E-state index contributed by atoms with van der Waals surface area (Å²) in [6.45, 7) is 5.03. The molecule has 29 heavy (non-hydrogen) atoms. The lowest BCUT2D eigenvalue weighted by molar-refractivity contribution is -0.0861. The molecule has 3 aliphatic rings. The maximum atomic E-state index is 12.9. The van der Waals surface area contributed by atoms with Gasteiger partial charge in [-0.05, 0) is 38.3 Å². The lowest BCUT2D eigenvalue weighted by Crippen LogP contribution is -2.53. The van der Waals surface area contributed by atoms with Gasteiger partial charge in [0, 0.05) is 25.3 Å². The molecule has 1 spiro atoms. The molecule has 1 atom stereocenters. The Morgan fingerprint density at radius 1 is 1.17 bits per heavy atom. The van der Waals surface area contributed by atoms with Gasteiger partial charge >= 0.3 is 11.1 Å². The highest BCUT2D eigenvalue weighted by atomic mass is 16.5. The van der Waals surface area contributed by atoms with E-state index in [-0.39, 0.29) is 12.6 Å². The molecule has 2 aromatic rings. The number of likely N-dealkylation sites (tertiary alicyclic amines) is 1. The quantitative estimate of drug-likeness (QED) is 0.728. The van der Waals surface area contributed by atoms with Crippen LogP contribution in [0.5, 0.6) is 0 Å². The number of hydrogen-bond donors (Lipinski definition) is 0. The van der Waals surface area contributed by atoms with Gasteiger partial charge in [0.2, 0.25) is 0 Å². The van der Waals surface area contributed by atoms with Gasteiger partial charge in [-0.2, -0.15) is 5.10 Å². The predicted molar refractivity (Wildman–Crippen MR) is 107 cm³/mol. The fraction of sp³-hybridized carbons (Fsp3) is 0.619. The summed E-state index contributed by atoms with van der Waals surface area (Å²) in [5, 5.41) is 4.53. The van der Waals surface area contributed by atoms with Gasteiger partial charge in [-0.1, -0.05) is 18.9 Å². The molecule has 0 aromatic carbocycles. The lowest BCUT2D eigenvalue weighted by atomic mass is 10.0. The fourth-order valence-corrected chi connectivity index (χ4v) is 5.00. The van der Waals surface area contributed by atoms with Crippen LogP contribution in [0.15, 0.2) is 27.8 Å². The second kappa shape index (κ2) is 7.18. The molecule has 2 aliphatic heterocycles. The summed E-state index contributed by atoms with van der Waals surface area (Å²) in [6, 6.07) is 6.11. The smallest absolute Gasteiger partial charge is 0.332 e. The van der Waals surface area contributed by atoms with Crippen molar-refractivity contribution >= 4 is 0 Å². The molecule has 1 saturated heterocycles. The van der Waals surface area contributed by atoms with Gasteiger partial charge in [-0.3, -0.25) is 24.0 Å². The number of hydrogen-bond acceptors (Lipinski definition) is 6. The number of aromatic nitrogens is 4. The van der Waals surface area contributed by atoms with Crippen LogP contribution in [0, 0.1) is 6.92 Å². The van der Waals surface area contributed by atoms with Crippen LogP contribution in [0.3, 0.4) is 0 Å². The molecule has 0 radical (unpaired) electrons. The maximum Gasteiger partial charge on any atom is 0.332 e. The van der Waals surface area contributed by atoms with E-state index in [0.717, 1.165) is 63.1 Å². The first-order valence-electron chi connectivity index (χ1n) is 10.5. The summed E-state index contributed by atoms with van der Waals surface area (Å²) in [6.07, 6.45) is 4.84. The second-order valence-electron chi connectivity index (χ2n) is 8.70. The van der Waals surface area contributed by atoms with Crippen LogP contribution in [0.25, 0.3) is 0 Å². The molecule has 4 heterocycles. The van der Waals surface area contributed by atoms with Gasteiger partial charge in [0.15, 0.2) is 5.82 Å². The van der Waals surface area contributed by atoms with Gasteiger partial charge in [0.1, 0.15) is 12.2 Å². The Bertz CT molecular complexity index is 1040. The van der Waals surface area contributed by atoms with Crippen molar-refractivity contribution in [3.05, 3.63) is 56.1 Å². The van der Waals surface area contributed by atoms with Crippen LogP contribution in [-0.2, 0) is 24.4 Å². The molecule has 2 aromatic heterocycles.